The van der Waals surface area contributed by atoms with Crippen molar-refractivity contribution >= 4 is 11.7 Å². The lowest BCUT2D eigenvalue weighted by Crippen LogP contribution is -2.12. The van der Waals surface area contributed by atoms with E-state index in [1.54, 1.807) is 18.2 Å². The number of carboxylic acids is 1. The van der Waals surface area contributed by atoms with Crippen LogP contribution in [0.15, 0.2) is 48.5 Å². The van der Waals surface area contributed by atoms with Crippen molar-refractivity contribution in [2.45, 2.75) is 26.3 Å². The molecule has 1 atom stereocenters. The van der Waals surface area contributed by atoms with Gasteiger partial charge in [-0.1, -0.05) is 48.9 Å². The number of hydrogen-bond donors (Lipinski definition) is 2. The highest BCUT2D eigenvalue weighted by molar-refractivity contribution is 5.94. The zero-order valence-electron chi connectivity index (χ0n) is 11.8. The highest BCUT2D eigenvalue weighted by Gasteiger charge is 2.14. The number of hydrogen-bond acceptors (Lipinski definition) is 2. The van der Waals surface area contributed by atoms with E-state index < -0.39 is 5.97 Å². The van der Waals surface area contributed by atoms with E-state index in [1.165, 1.54) is 11.1 Å². The van der Waals surface area contributed by atoms with Crippen LogP contribution in [0.25, 0.3) is 0 Å². The molecule has 0 amide bonds. The quantitative estimate of drug-likeness (QED) is 0.852. The van der Waals surface area contributed by atoms with Crippen molar-refractivity contribution in [3.8, 4) is 0 Å². The Morgan fingerprint density at radius 1 is 1.15 bits per heavy atom. The van der Waals surface area contributed by atoms with Gasteiger partial charge >= 0.3 is 5.97 Å². The normalized spacial score (nSPS) is 11.9. The number of nitrogens with one attached hydrogen (secondary N) is 1. The van der Waals surface area contributed by atoms with Crippen LogP contribution in [0.2, 0.25) is 0 Å². The number of aromatic carboxylic acids is 1. The van der Waals surface area contributed by atoms with E-state index in [2.05, 4.69) is 43.4 Å². The van der Waals surface area contributed by atoms with Crippen LogP contribution in [0.1, 0.15) is 40.9 Å². The highest BCUT2D eigenvalue weighted by atomic mass is 16.4. The first-order chi connectivity index (χ1) is 9.61. The Labute approximate surface area is 119 Å². The number of benzene rings is 2. The third-order valence-electron chi connectivity index (χ3n) is 3.38. The van der Waals surface area contributed by atoms with Crippen LogP contribution in [-0.2, 0) is 0 Å². The molecule has 3 nitrogen and oxygen atoms in total. The number of aryl methyl sites for hydroxylation is 1. The van der Waals surface area contributed by atoms with Crippen LogP contribution in [0, 0.1) is 6.92 Å². The third kappa shape index (κ3) is 3.18. The Hall–Kier alpha value is -2.29. The Balaban J connectivity index is 2.27. The molecular weight excluding hydrogens is 250 g/mol. The Morgan fingerprint density at radius 2 is 1.80 bits per heavy atom. The molecule has 0 aliphatic carbocycles. The fourth-order valence-corrected chi connectivity index (χ4v) is 2.20. The second-order valence-corrected chi connectivity index (χ2v) is 4.87. The van der Waals surface area contributed by atoms with Crippen molar-refractivity contribution in [3.63, 3.8) is 0 Å². The van der Waals surface area contributed by atoms with Crippen LogP contribution in [0.5, 0.6) is 0 Å². The average molecular weight is 269 g/mol. The van der Waals surface area contributed by atoms with Gasteiger partial charge in [-0.2, -0.15) is 0 Å². The van der Waals surface area contributed by atoms with Crippen molar-refractivity contribution in [1.82, 2.24) is 0 Å². The van der Waals surface area contributed by atoms with Gasteiger partial charge in [-0.05, 0) is 31.0 Å². The van der Waals surface area contributed by atoms with Gasteiger partial charge in [-0.3, -0.25) is 0 Å². The molecule has 0 saturated heterocycles. The molecule has 0 aromatic heterocycles. The summed E-state index contributed by atoms with van der Waals surface area (Å²) in [4.78, 5) is 11.2. The zero-order valence-corrected chi connectivity index (χ0v) is 11.8. The van der Waals surface area contributed by atoms with Crippen LogP contribution >= 0.6 is 0 Å². The maximum Gasteiger partial charge on any atom is 0.337 e. The SMILES string of the molecule is CCC(Nc1ccccc1C(=O)O)c1ccc(C)cc1. The first-order valence-corrected chi connectivity index (χ1v) is 6.77. The van der Waals surface area contributed by atoms with Crippen molar-refractivity contribution in [3.05, 3.63) is 65.2 Å². The maximum absolute atomic E-state index is 11.2. The largest absolute Gasteiger partial charge is 0.478 e. The molecule has 0 heterocycles. The molecule has 20 heavy (non-hydrogen) atoms. The minimum atomic E-state index is -0.910. The summed E-state index contributed by atoms with van der Waals surface area (Å²) < 4.78 is 0. The minimum Gasteiger partial charge on any atom is -0.478 e. The van der Waals surface area contributed by atoms with Crippen molar-refractivity contribution in [1.29, 1.82) is 0 Å². The standard InChI is InChI=1S/C17H19NO2/c1-3-15(13-10-8-12(2)9-11-13)18-16-7-5-4-6-14(16)17(19)20/h4-11,15,18H,3H2,1-2H3,(H,19,20). The summed E-state index contributed by atoms with van der Waals surface area (Å²) in [6, 6.07) is 15.4. The lowest BCUT2D eigenvalue weighted by molar-refractivity contribution is 0.0698. The minimum absolute atomic E-state index is 0.107. The molecule has 0 aliphatic heterocycles. The van der Waals surface area contributed by atoms with Crippen LogP contribution in [0.3, 0.4) is 0 Å². The molecule has 0 fully saturated rings. The van der Waals surface area contributed by atoms with E-state index in [0.717, 1.165) is 6.42 Å². The van der Waals surface area contributed by atoms with Gasteiger partial charge in [0.15, 0.2) is 0 Å². The molecule has 2 aromatic carbocycles. The first-order valence-electron chi connectivity index (χ1n) is 6.77. The van der Waals surface area contributed by atoms with Crippen LogP contribution in [0.4, 0.5) is 5.69 Å². The number of carbonyl (C=O) groups is 1. The molecule has 2 rings (SSSR count). The van der Waals surface area contributed by atoms with Gasteiger partial charge in [0.25, 0.3) is 0 Å². The van der Waals surface area contributed by atoms with Crippen LogP contribution < -0.4 is 5.32 Å². The van der Waals surface area contributed by atoms with E-state index in [4.69, 9.17) is 0 Å². The van der Waals surface area contributed by atoms with Crippen molar-refractivity contribution in [2.75, 3.05) is 5.32 Å². The summed E-state index contributed by atoms with van der Waals surface area (Å²) in [7, 11) is 0. The van der Waals surface area contributed by atoms with Crippen molar-refractivity contribution < 1.29 is 9.90 Å². The van der Waals surface area contributed by atoms with E-state index in [9.17, 15) is 9.90 Å². The van der Waals surface area contributed by atoms with E-state index in [-0.39, 0.29) is 6.04 Å². The van der Waals surface area contributed by atoms with Gasteiger partial charge in [0, 0.05) is 5.69 Å². The van der Waals surface area contributed by atoms with Gasteiger partial charge in [0.2, 0.25) is 0 Å². The van der Waals surface area contributed by atoms with E-state index >= 15 is 0 Å². The Bertz CT molecular complexity index is 590. The summed E-state index contributed by atoms with van der Waals surface area (Å²) in [6.45, 7) is 4.14. The van der Waals surface area contributed by atoms with Gasteiger partial charge in [-0.25, -0.2) is 4.79 Å². The second kappa shape index (κ2) is 6.24. The topological polar surface area (TPSA) is 49.3 Å². The number of para-hydroxylation sites is 1. The molecule has 0 aliphatic rings. The summed E-state index contributed by atoms with van der Waals surface area (Å²) in [6.07, 6.45) is 0.886. The molecule has 0 radical (unpaired) electrons. The Kier molecular flexibility index (Phi) is 4.41. The number of anilines is 1. The number of carboxylic acid groups (broad SMARTS) is 1. The molecule has 0 bridgehead atoms. The fourth-order valence-electron chi connectivity index (χ4n) is 2.20. The molecule has 0 saturated carbocycles. The van der Waals surface area contributed by atoms with Crippen molar-refractivity contribution in [2.24, 2.45) is 0 Å². The first kappa shape index (κ1) is 14.1. The predicted octanol–water partition coefficient (Wildman–Crippen LogP) is 4.26. The number of rotatable bonds is 5. The van der Waals surface area contributed by atoms with Gasteiger partial charge < -0.3 is 10.4 Å². The van der Waals surface area contributed by atoms with Gasteiger partial charge in [0.05, 0.1) is 11.6 Å². The van der Waals surface area contributed by atoms with Gasteiger partial charge in [0.1, 0.15) is 0 Å². The lowest BCUT2D eigenvalue weighted by Gasteiger charge is -2.20. The molecular formula is C17H19NO2. The lowest BCUT2D eigenvalue weighted by atomic mass is 10.0. The highest BCUT2D eigenvalue weighted by Crippen LogP contribution is 2.25. The van der Waals surface area contributed by atoms with E-state index in [0.29, 0.717) is 11.3 Å². The Morgan fingerprint density at radius 3 is 2.40 bits per heavy atom. The zero-order chi connectivity index (χ0) is 14.5. The smallest absolute Gasteiger partial charge is 0.337 e. The van der Waals surface area contributed by atoms with E-state index in [1.807, 2.05) is 6.07 Å². The predicted molar refractivity (Wildman–Crippen MR) is 81.2 cm³/mol. The molecule has 104 valence electrons. The molecule has 2 aromatic rings. The summed E-state index contributed by atoms with van der Waals surface area (Å²) >= 11 is 0. The van der Waals surface area contributed by atoms with Gasteiger partial charge in [-0.15, -0.1) is 0 Å². The average Bonchev–Trinajstić information content (AvgIpc) is 2.46. The second-order valence-electron chi connectivity index (χ2n) is 4.87. The molecule has 1 unspecified atom stereocenters. The molecule has 2 N–H and O–H groups in total. The maximum atomic E-state index is 11.2. The van der Waals surface area contributed by atoms with Crippen LogP contribution in [-0.4, -0.2) is 11.1 Å². The summed E-state index contributed by atoms with van der Waals surface area (Å²) in [5.74, 6) is -0.910. The monoisotopic (exact) mass is 269 g/mol. The molecule has 3 heteroatoms. The third-order valence-corrected chi connectivity index (χ3v) is 3.38. The molecule has 0 spiro atoms. The summed E-state index contributed by atoms with van der Waals surface area (Å²) in [5.41, 5.74) is 3.35. The summed E-state index contributed by atoms with van der Waals surface area (Å²) in [5, 5.41) is 12.6. The fraction of sp³-hybridized carbons (Fsp3) is 0.235.